The normalized spacial score (nSPS) is 20.6. The van der Waals surface area contributed by atoms with E-state index in [1.54, 1.807) is 0 Å². The van der Waals surface area contributed by atoms with E-state index < -0.39 is 0 Å². The van der Waals surface area contributed by atoms with E-state index in [9.17, 15) is 0 Å². The Labute approximate surface area is 83.7 Å². The van der Waals surface area contributed by atoms with Crippen molar-refractivity contribution in [2.45, 2.75) is 26.8 Å². The molecular weight excluding hydrogens is 176 g/mol. The summed E-state index contributed by atoms with van der Waals surface area (Å²) in [5.41, 5.74) is 9.06. The van der Waals surface area contributed by atoms with E-state index in [0.29, 0.717) is 0 Å². The van der Waals surface area contributed by atoms with Crippen molar-refractivity contribution in [2.75, 3.05) is 0 Å². The predicted octanol–water partition coefficient (Wildman–Crippen LogP) is 3.24. The number of rotatable bonds is 2. The first kappa shape index (κ1) is 10.5. The van der Waals surface area contributed by atoms with Crippen molar-refractivity contribution in [1.82, 2.24) is 0 Å². The molecule has 0 amide bonds. The summed E-state index contributed by atoms with van der Waals surface area (Å²) in [7, 11) is 0. The van der Waals surface area contributed by atoms with Crippen molar-refractivity contribution in [3.8, 4) is 0 Å². The summed E-state index contributed by atoms with van der Waals surface area (Å²) in [5.74, 6) is 0. The molecule has 0 spiro atoms. The van der Waals surface area contributed by atoms with Gasteiger partial charge in [0.1, 0.15) is 0 Å². The summed E-state index contributed by atoms with van der Waals surface area (Å²) in [6, 6.07) is -0.213. The minimum Gasteiger partial charge on any atom is -0.264 e. The van der Waals surface area contributed by atoms with E-state index in [4.69, 9.17) is 5.53 Å². The number of nitrogens with zero attached hydrogens (tertiary/aromatic N) is 4. The molecule has 1 rings (SSSR count). The van der Waals surface area contributed by atoms with Gasteiger partial charge in [0.15, 0.2) is 0 Å². The van der Waals surface area contributed by atoms with E-state index in [1.807, 2.05) is 25.3 Å². The molecule has 1 atom stereocenters. The van der Waals surface area contributed by atoms with Crippen LogP contribution in [0.2, 0.25) is 0 Å². The van der Waals surface area contributed by atoms with Crippen LogP contribution < -0.4 is 0 Å². The molecule has 0 fully saturated rings. The molecule has 1 heterocycles. The maximum absolute atomic E-state index is 8.30. The zero-order valence-electron chi connectivity index (χ0n) is 8.68. The first-order chi connectivity index (χ1) is 6.55. The Balaban J connectivity index is 2.89. The van der Waals surface area contributed by atoms with Crippen LogP contribution in [0.5, 0.6) is 0 Å². The van der Waals surface area contributed by atoms with Gasteiger partial charge in [0.25, 0.3) is 0 Å². The van der Waals surface area contributed by atoms with Gasteiger partial charge < -0.3 is 0 Å². The van der Waals surface area contributed by atoms with Crippen LogP contribution in [0.15, 0.2) is 34.0 Å². The van der Waals surface area contributed by atoms with Crippen LogP contribution in [0.3, 0.4) is 0 Å². The molecule has 74 valence electrons. The number of hydrogen-bond acceptors (Lipinski definition) is 2. The maximum atomic E-state index is 8.30. The number of aliphatic imine (C=N–C) groups is 1. The van der Waals surface area contributed by atoms with Crippen LogP contribution in [-0.4, -0.2) is 12.3 Å². The Morgan fingerprint density at radius 3 is 2.93 bits per heavy atom. The quantitative estimate of drug-likeness (QED) is 0.364. The van der Waals surface area contributed by atoms with Gasteiger partial charge in [-0.25, -0.2) is 0 Å². The zero-order chi connectivity index (χ0) is 10.6. The first-order valence-corrected chi connectivity index (χ1v) is 4.54. The van der Waals surface area contributed by atoms with Gasteiger partial charge in [-0.05, 0) is 11.6 Å². The lowest BCUT2D eigenvalue weighted by atomic mass is 9.95. The fourth-order valence-electron chi connectivity index (χ4n) is 1.11. The second kappa shape index (κ2) is 4.11. The van der Waals surface area contributed by atoms with Gasteiger partial charge in [-0.2, -0.15) is 0 Å². The van der Waals surface area contributed by atoms with Gasteiger partial charge in [-0.15, -0.1) is 0 Å². The first-order valence-electron chi connectivity index (χ1n) is 4.54. The highest BCUT2D eigenvalue weighted by atomic mass is 15.2. The lowest BCUT2D eigenvalue weighted by molar-refractivity contribution is 0.693. The van der Waals surface area contributed by atoms with E-state index in [2.05, 4.69) is 34.9 Å². The van der Waals surface area contributed by atoms with E-state index >= 15 is 0 Å². The van der Waals surface area contributed by atoms with Crippen molar-refractivity contribution < 1.29 is 0 Å². The number of hydrogen-bond donors (Lipinski definition) is 0. The second-order valence-electron chi connectivity index (χ2n) is 3.91. The SMILES string of the molecule is CC(N=[N+]=[N-])C1=CC=CC(C)(C)C=N1. The van der Waals surface area contributed by atoms with Gasteiger partial charge in [0, 0.05) is 22.2 Å². The van der Waals surface area contributed by atoms with Gasteiger partial charge in [-0.3, -0.25) is 4.99 Å². The minimum atomic E-state index is -0.213. The third-order valence-corrected chi connectivity index (χ3v) is 1.99. The van der Waals surface area contributed by atoms with Gasteiger partial charge in [0.2, 0.25) is 0 Å². The van der Waals surface area contributed by atoms with Crippen LogP contribution in [-0.2, 0) is 0 Å². The number of azide groups is 1. The zero-order valence-corrected chi connectivity index (χ0v) is 8.68. The Morgan fingerprint density at radius 1 is 1.57 bits per heavy atom. The molecule has 1 aliphatic rings. The van der Waals surface area contributed by atoms with Crippen molar-refractivity contribution in [3.63, 3.8) is 0 Å². The highest BCUT2D eigenvalue weighted by molar-refractivity contribution is 5.69. The Kier molecular flexibility index (Phi) is 3.10. The van der Waals surface area contributed by atoms with Crippen LogP contribution in [0.25, 0.3) is 10.4 Å². The summed E-state index contributed by atoms with van der Waals surface area (Å²) in [6.07, 6.45) is 7.76. The molecule has 0 N–H and O–H groups in total. The number of allylic oxidation sites excluding steroid dienone is 3. The summed E-state index contributed by atoms with van der Waals surface area (Å²) in [6.45, 7) is 5.97. The standard InChI is InChI=1S/C10H14N4/c1-8(13-14-11)9-5-4-6-10(2,3)7-12-9/h4-8H,1-3H3. The molecular formula is C10H14N4. The summed E-state index contributed by atoms with van der Waals surface area (Å²) in [5, 5.41) is 3.60. The van der Waals surface area contributed by atoms with Crippen molar-refractivity contribution in [1.29, 1.82) is 0 Å². The highest BCUT2D eigenvalue weighted by Crippen LogP contribution is 2.19. The third-order valence-electron chi connectivity index (χ3n) is 1.99. The average molecular weight is 190 g/mol. The summed E-state index contributed by atoms with van der Waals surface area (Å²) < 4.78 is 0. The van der Waals surface area contributed by atoms with Crippen LogP contribution in [0.4, 0.5) is 0 Å². The fraction of sp³-hybridized carbons (Fsp3) is 0.500. The third kappa shape index (κ3) is 2.75. The summed E-state index contributed by atoms with van der Waals surface area (Å²) in [4.78, 5) is 7.07. The Bertz CT molecular complexity index is 343. The molecule has 1 aliphatic heterocycles. The van der Waals surface area contributed by atoms with Crippen LogP contribution in [0.1, 0.15) is 20.8 Å². The lowest BCUT2D eigenvalue weighted by Crippen LogP contribution is -2.08. The second-order valence-corrected chi connectivity index (χ2v) is 3.91. The monoisotopic (exact) mass is 190 g/mol. The van der Waals surface area contributed by atoms with Crippen molar-refractivity contribution in [2.24, 2.45) is 15.5 Å². The van der Waals surface area contributed by atoms with E-state index in [-0.39, 0.29) is 11.5 Å². The molecule has 0 bridgehead atoms. The maximum Gasteiger partial charge on any atom is 0.0769 e. The van der Waals surface area contributed by atoms with Gasteiger partial charge in [-0.1, -0.05) is 38.0 Å². The van der Waals surface area contributed by atoms with E-state index in [0.717, 1.165) is 5.70 Å². The van der Waals surface area contributed by atoms with Crippen LogP contribution in [0, 0.1) is 5.41 Å². The van der Waals surface area contributed by atoms with Crippen molar-refractivity contribution >= 4 is 6.21 Å². The molecule has 0 aromatic rings. The van der Waals surface area contributed by atoms with Gasteiger partial charge >= 0.3 is 0 Å². The molecule has 4 nitrogen and oxygen atoms in total. The fourth-order valence-corrected chi connectivity index (χ4v) is 1.11. The Hall–Kier alpha value is -1.54. The van der Waals surface area contributed by atoms with Crippen LogP contribution >= 0.6 is 0 Å². The Morgan fingerprint density at radius 2 is 2.29 bits per heavy atom. The molecule has 1 unspecified atom stereocenters. The topological polar surface area (TPSA) is 61.1 Å². The predicted molar refractivity (Wildman–Crippen MR) is 58.1 cm³/mol. The lowest BCUT2D eigenvalue weighted by Gasteiger charge is -2.11. The molecule has 0 saturated heterocycles. The smallest absolute Gasteiger partial charge is 0.0769 e. The molecule has 4 heteroatoms. The highest BCUT2D eigenvalue weighted by Gasteiger charge is 2.13. The largest absolute Gasteiger partial charge is 0.264 e. The van der Waals surface area contributed by atoms with Gasteiger partial charge in [0.05, 0.1) is 6.04 Å². The average Bonchev–Trinajstić information content (AvgIpc) is 2.27. The minimum absolute atomic E-state index is 0.0334. The molecule has 0 aromatic heterocycles. The molecule has 14 heavy (non-hydrogen) atoms. The molecule has 0 aromatic carbocycles. The van der Waals surface area contributed by atoms with E-state index in [1.165, 1.54) is 0 Å². The summed E-state index contributed by atoms with van der Waals surface area (Å²) >= 11 is 0. The molecule has 0 aliphatic carbocycles. The molecule has 0 radical (unpaired) electrons. The van der Waals surface area contributed by atoms with Crippen molar-refractivity contribution in [3.05, 3.63) is 34.4 Å². The molecule has 0 saturated carbocycles.